The number of hydrogen-bond acceptors (Lipinski definition) is 1. The largest absolute Gasteiger partial charge is 0.335 e. The molecule has 2 nitrogen and oxygen atoms in total. The van der Waals surface area contributed by atoms with Crippen LogP contribution in [0.5, 0.6) is 0 Å². The lowest BCUT2D eigenvalue weighted by molar-refractivity contribution is 0.0787. The molecule has 0 atom stereocenters. The van der Waals surface area contributed by atoms with Gasteiger partial charge in [-0.05, 0) is 30.0 Å². The summed E-state index contributed by atoms with van der Waals surface area (Å²) in [7, 11) is 0. The van der Waals surface area contributed by atoms with E-state index in [9.17, 15) is 4.79 Å². The lowest BCUT2D eigenvalue weighted by atomic mass is 9.98. The van der Waals surface area contributed by atoms with Crippen LogP contribution in [-0.2, 0) is 6.54 Å². The van der Waals surface area contributed by atoms with Crippen molar-refractivity contribution in [3.05, 3.63) is 34.9 Å². The van der Waals surface area contributed by atoms with Gasteiger partial charge in [-0.3, -0.25) is 4.79 Å². The quantitative estimate of drug-likeness (QED) is 0.723. The van der Waals surface area contributed by atoms with E-state index < -0.39 is 0 Å². The van der Waals surface area contributed by atoms with Gasteiger partial charge >= 0.3 is 0 Å². The summed E-state index contributed by atoms with van der Waals surface area (Å²) < 4.78 is 0. The fourth-order valence-electron chi connectivity index (χ4n) is 1.99. The summed E-state index contributed by atoms with van der Waals surface area (Å²) in [5, 5.41) is 0. The summed E-state index contributed by atoms with van der Waals surface area (Å²) in [6.45, 7) is 7.90. The molecule has 1 heterocycles. The van der Waals surface area contributed by atoms with Gasteiger partial charge in [0, 0.05) is 18.7 Å². The molecule has 2 heteroatoms. The van der Waals surface area contributed by atoms with Gasteiger partial charge in [0.2, 0.25) is 0 Å². The van der Waals surface area contributed by atoms with Crippen LogP contribution in [0.4, 0.5) is 0 Å². The highest BCUT2D eigenvalue weighted by Gasteiger charge is 2.26. The van der Waals surface area contributed by atoms with Crippen LogP contribution in [0.1, 0.15) is 48.2 Å². The van der Waals surface area contributed by atoms with Crippen LogP contribution in [0, 0.1) is 0 Å². The first-order chi connectivity index (χ1) is 7.13. The minimum Gasteiger partial charge on any atom is -0.335 e. The van der Waals surface area contributed by atoms with Crippen LogP contribution in [-0.4, -0.2) is 17.4 Å². The molecule has 0 saturated heterocycles. The van der Waals surface area contributed by atoms with Crippen molar-refractivity contribution in [2.75, 3.05) is 6.54 Å². The van der Waals surface area contributed by atoms with Crippen LogP contribution >= 0.6 is 0 Å². The first-order valence-corrected chi connectivity index (χ1v) is 5.55. The van der Waals surface area contributed by atoms with E-state index in [0.29, 0.717) is 5.92 Å². The van der Waals surface area contributed by atoms with Crippen molar-refractivity contribution in [1.82, 2.24) is 4.90 Å². The molecule has 0 radical (unpaired) electrons. The lowest BCUT2D eigenvalue weighted by Crippen LogP contribution is -2.22. The Kier molecular flexibility index (Phi) is 2.51. The predicted molar refractivity (Wildman–Crippen MR) is 60.9 cm³/mol. The molecule has 1 aliphatic rings. The molecule has 0 saturated carbocycles. The Labute approximate surface area is 90.9 Å². The number of benzene rings is 1. The van der Waals surface area contributed by atoms with Gasteiger partial charge in [-0.2, -0.15) is 0 Å². The third-order valence-corrected chi connectivity index (χ3v) is 3.06. The molecule has 0 fully saturated rings. The topological polar surface area (TPSA) is 20.3 Å². The number of nitrogens with zero attached hydrogens (tertiary/aromatic N) is 1. The Morgan fingerprint density at radius 3 is 2.73 bits per heavy atom. The molecule has 0 N–H and O–H groups in total. The predicted octanol–water partition coefficient (Wildman–Crippen LogP) is 2.79. The molecule has 15 heavy (non-hydrogen) atoms. The van der Waals surface area contributed by atoms with Gasteiger partial charge in [0.15, 0.2) is 0 Å². The number of carbonyl (C=O) groups excluding carboxylic acids is 1. The summed E-state index contributed by atoms with van der Waals surface area (Å²) in [5.74, 6) is 0.675. The average molecular weight is 203 g/mol. The van der Waals surface area contributed by atoms with Crippen molar-refractivity contribution in [3.63, 3.8) is 0 Å². The summed E-state index contributed by atoms with van der Waals surface area (Å²) in [6, 6.07) is 6.28. The summed E-state index contributed by atoms with van der Waals surface area (Å²) in [4.78, 5) is 13.8. The highest BCUT2D eigenvalue weighted by atomic mass is 16.2. The van der Waals surface area contributed by atoms with Crippen molar-refractivity contribution < 1.29 is 4.79 Å². The molecule has 1 amide bonds. The smallest absolute Gasteiger partial charge is 0.254 e. The molecule has 1 aromatic carbocycles. The summed E-state index contributed by atoms with van der Waals surface area (Å²) in [6.07, 6.45) is 0. The fourth-order valence-corrected chi connectivity index (χ4v) is 1.99. The zero-order valence-electron chi connectivity index (χ0n) is 9.58. The SMILES string of the molecule is CCN1Cc2ccc(C(C)C)cc2C1=O. The van der Waals surface area contributed by atoms with E-state index in [1.165, 1.54) is 11.1 Å². The molecule has 2 rings (SSSR count). The van der Waals surface area contributed by atoms with Gasteiger partial charge in [-0.1, -0.05) is 26.0 Å². The molecule has 1 aliphatic heterocycles. The average Bonchev–Trinajstić information content (AvgIpc) is 2.55. The Morgan fingerprint density at radius 2 is 2.13 bits per heavy atom. The minimum absolute atomic E-state index is 0.190. The molecule has 0 aliphatic carbocycles. The monoisotopic (exact) mass is 203 g/mol. The van der Waals surface area contributed by atoms with E-state index in [0.717, 1.165) is 18.7 Å². The van der Waals surface area contributed by atoms with E-state index in [1.54, 1.807) is 0 Å². The normalized spacial score (nSPS) is 14.9. The van der Waals surface area contributed by atoms with E-state index in [2.05, 4.69) is 32.0 Å². The molecule has 1 aromatic rings. The summed E-state index contributed by atoms with van der Waals surface area (Å²) >= 11 is 0. The van der Waals surface area contributed by atoms with Crippen LogP contribution in [0.15, 0.2) is 18.2 Å². The maximum absolute atomic E-state index is 11.9. The maximum Gasteiger partial charge on any atom is 0.254 e. The zero-order valence-corrected chi connectivity index (χ0v) is 9.58. The van der Waals surface area contributed by atoms with Crippen LogP contribution in [0.2, 0.25) is 0 Å². The Bertz CT molecular complexity index is 396. The second-order valence-electron chi connectivity index (χ2n) is 4.39. The Balaban J connectivity index is 2.40. The van der Waals surface area contributed by atoms with Crippen molar-refractivity contribution in [3.8, 4) is 0 Å². The molecule has 0 spiro atoms. The zero-order chi connectivity index (χ0) is 11.0. The highest BCUT2D eigenvalue weighted by Crippen LogP contribution is 2.26. The highest BCUT2D eigenvalue weighted by molar-refractivity contribution is 5.98. The molecule has 0 unspecified atom stereocenters. The molecule has 0 aromatic heterocycles. The van der Waals surface area contributed by atoms with Gasteiger partial charge in [0.25, 0.3) is 5.91 Å². The first-order valence-electron chi connectivity index (χ1n) is 5.55. The fraction of sp³-hybridized carbons (Fsp3) is 0.462. The van der Waals surface area contributed by atoms with Crippen molar-refractivity contribution in [2.24, 2.45) is 0 Å². The second kappa shape index (κ2) is 3.69. The van der Waals surface area contributed by atoms with Crippen LogP contribution in [0.25, 0.3) is 0 Å². The second-order valence-corrected chi connectivity index (χ2v) is 4.39. The number of hydrogen-bond donors (Lipinski definition) is 0. The van der Waals surface area contributed by atoms with Gasteiger partial charge < -0.3 is 4.90 Å². The lowest BCUT2D eigenvalue weighted by Gasteiger charge is -2.10. The van der Waals surface area contributed by atoms with E-state index >= 15 is 0 Å². The van der Waals surface area contributed by atoms with Gasteiger partial charge in [-0.25, -0.2) is 0 Å². The Hall–Kier alpha value is -1.31. The van der Waals surface area contributed by atoms with Gasteiger partial charge in [0.1, 0.15) is 0 Å². The summed E-state index contributed by atoms with van der Waals surface area (Å²) in [5.41, 5.74) is 3.33. The minimum atomic E-state index is 0.190. The third kappa shape index (κ3) is 1.65. The van der Waals surface area contributed by atoms with Crippen molar-refractivity contribution in [2.45, 2.75) is 33.2 Å². The molecule has 0 bridgehead atoms. The van der Waals surface area contributed by atoms with Crippen LogP contribution < -0.4 is 0 Å². The number of amides is 1. The number of carbonyl (C=O) groups is 1. The van der Waals surface area contributed by atoms with Gasteiger partial charge in [0.05, 0.1) is 0 Å². The molecular formula is C13H17NO. The number of fused-ring (bicyclic) bond motifs is 1. The van der Waals surface area contributed by atoms with E-state index in [1.807, 2.05) is 11.8 Å². The van der Waals surface area contributed by atoms with Gasteiger partial charge in [-0.15, -0.1) is 0 Å². The van der Waals surface area contributed by atoms with Crippen LogP contribution in [0.3, 0.4) is 0 Å². The number of rotatable bonds is 2. The standard InChI is InChI=1S/C13H17NO/c1-4-14-8-11-6-5-10(9(2)3)7-12(11)13(14)15/h5-7,9H,4,8H2,1-3H3. The van der Waals surface area contributed by atoms with Crippen molar-refractivity contribution in [1.29, 1.82) is 0 Å². The Morgan fingerprint density at radius 1 is 1.40 bits per heavy atom. The third-order valence-electron chi connectivity index (χ3n) is 3.06. The first kappa shape index (κ1) is 10.2. The van der Waals surface area contributed by atoms with Crippen molar-refractivity contribution >= 4 is 5.91 Å². The van der Waals surface area contributed by atoms with E-state index in [4.69, 9.17) is 0 Å². The molecular weight excluding hydrogens is 186 g/mol. The molecule has 80 valence electrons. The van der Waals surface area contributed by atoms with E-state index in [-0.39, 0.29) is 5.91 Å². The maximum atomic E-state index is 11.9.